The standard InChI is InChI=1S/C13H15FN2O4/c1-7(8-3-2-4-8)15-11-6-10(14)9(13(17)18)5-12(11)16(19)20/h5-8,15H,2-4H2,1H3,(H,17,18). The van der Waals surface area contributed by atoms with Gasteiger partial charge in [0.15, 0.2) is 0 Å². The summed E-state index contributed by atoms with van der Waals surface area (Å²) < 4.78 is 13.6. The average Bonchev–Trinajstić information content (AvgIpc) is 2.25. The molecule has 0 radical (unpaired) electrons. The summed E-state index contributed by atoms with van der Waals surface area (Å²) in [6.45, 7) is 1.89. The molecule has 1 aromatic rings. The number of benzene rings is 1. The van der Waals surface area contributed by atoms with Crippen LogP contribution >= 0.6 is 0 Å². The molecule has 1 fully saturated rings. The zero-order valence-corrected chi connectivity index (χ0v) is 10.9. The van der Waals surface area contributed by atoms with E-state index in [1.165, 1.54) is 0 Å². The van der Waals surface area contributed by atoms with Crippen molar-refractivity contribution >= 4 is 17.3 Å². The van der Waals surface area contributed by atoms with Gasteiger partial charge in [0.25, 0.3) is 5.69 Å². The third-order valence-electron chi connectivity index (χ3n) is 3.75. The Balaban J connectivity index is 2.33. The van der Waals surface area contributed by atoms with E-state index in [1.54, 1.807) is 0 Å². The number of halogens is 1. The molecule has 7 heteroatoms. The third kappa shape index (κ3) is 2.71. The number of rotatable bonds is 5. The zero-order valence-electron chi connectivity index (χ0n) is 10.9. The molecule has 1 aliphatic rings. The van der Waals surface area contributed by atoms with Crippen molar-refractivity contribution in [3.05, 3.63) is 33.6 Å². The maximum Gasteiger partial charge on any atom is 0.338 e. The number of carboxylic acids is 1. The van der Waals surface area contributed by atoms with E-state index in [4.69, 9.17) is 5.11 Å². The van der Waals surface area contributed by atoms with Crippen LogP contribution in [0.5, 0.6) is 0 Å². The predicted molar refractivity (Wildman–Crippen MR) is 70.4 cm³/mol. The van der Waals surface area contributed by atoms with Crippen molar-refractivity contribution in [2.45, 2.75) is 32.2 Å². The van der Waals surface area contributed by atoms with E-state index in [0.29, 0.717) is 5.92 Å². The average molecular weight is 282 g/mol. The van der Waals surface area contributed by atoms with Gasteiger partial charge in [-0.3, -0.25) is 10.1 Å². The second-order valence-corrected chi connectivity index (χ2v) is 5.04. The quantitative estimate of drug-likeness (QED) is 0.639. The van der Waals surface area contributed by atoms with Crippen LogP contribution in [-0.4, -0.2) is 22.0 Å². The summed E-state index contributed by atoms with van der Waals surface area (Å²) >= 11 is 0. The molecule has 1 atom stereocenters. The summed E-state index contributed by atoms with van der Waals surface area (Å²) in [5.41, 5.74) is -1.09. The molecule has 1 saturated carbocycles. The number of nitro benzene ring substituents is 1. The summed E-state index contributed by atoms with van der Waals surface area (Å²) in [5, 5.41) is 22.7. The molecular formula is C13H15FN2O4. The highest BCUT2D eigenvalue weighted by atomic mass is 19.1. The number of hydrogen-bond acceptors (Lipinski definition) is 4. The van der Waals surface area contributed by atoms with Crippen LogP contribution in [0.25, 0.3) is 0 Å². The molecule has 1 aromatic carbocycles. The van der Waals surface area contributed by atoms with Gasteiger partial charge in [-0.05, 0) is 25.7 Å². The van der Waals surface area contributed by atoms with E-state index < -0.39 is 28.0 Å². The van der Waals surface area contributed by atoms with Crippen molar-refractivity contribution < 1.29 is 19.2 Å². The molecule has 0 saturated heterocycles. The minimum atomic E-state index is -1.52. The number of nitrogens with one attached hydrogen (secondary N) is 1. The van der Waals surface area contributed by atoms with E-state index in [9.17, 15) is 19.3 Å². The molecule has 1 unspecified atom stereocenters. The molecule has 1 aliphatic carbocycles. The molecule has 20 heavy (non-hydrogen) atoms. The molecule has 0 heterocycles. The van der Waals surface area contributed by atoms with Crippen molar-refractivity contribution in [3.8, 4) is 0 Å². The van der Waals surface area contributed by atoms with Crippen molar-refractivity contribution in [1.29, 1.82) is 0 Å². The highest BCUT2D eigenvalue weighted by molar-refractivity contribution is 5.90. The van der Waals surface area contributed by atoms with Crippen LogP contribution < -0.4 is 5.32 Å². The number of anilines is 1. The molecule has 0 bridgehead atoms. The molecule has 0 spiro atoms. The second kappa shape index (κ2) is 5.44. The molecule has 0 aliphatic heterocycles. The summed E-state index contributed by atoms with van der Waals surface area (Å²) in [5.74, 6) is -2.09. The predicted octanol–water partition coefficient (Wildman–Crippen LogP) is 3.03. The number of nitro groups is 1. The Morgan fingerprint density at radius 1 is 1.55 bits per heavy atom. The van der Waals surface area contributed by atoms with E-state index in [-0.39, 0.29) is 11.7 Å². The smallest absolute Gasteiger partial charge is 0.338 e. The van der Waals surface area contributed by atoms with Gasteiger partial charge >= 0.3 is 5.97 Å². The number of nitrogens with zero attached hydrogens (tertiary/aromatic N) is 1. The largest absolute Gasteiger partial charge is 0.478 e. The number of carboxylic acid groups (broad SMARTS) is 1. The van der Waals surface area contributed by atoms with Crippen LogP contribution in [0.3, 0.4) is 0 Å². The Morgan fingerprint density at radius 2 is 2.20 bits per heavy atom. The summed E-state index contributed by atoms with van der Waals surface area (Å²) in [4.78, 5) is 21.1. The van der Waals surface area contributed by atoms with Gasteiger partial charge in [-0.1, -0.05) is 6.42 Å². The topological polar surface area (TPSA) is 92.5 Å². The molecule has 108 valence electrons. The van der Waals surface area contributed by atoms with Crippen LogP contribution in [0.15, 0.2) is 12.1 Å². The van der Waals surface area contributed by atoms with Gasteiger partial charge in [-0.25, -0.2) is 9.18 Å². The fourth-order valence-corrected chi connectivity index (χ4v) is 2.30. The maximum atomic E-state index is 13.6. The Hall–Kier alpha value is -2.18. The van der Waals surface area contributed by atoms with Crippen LogP contribution in [0.4, 0.5) is 15.8 Å². The maximum absolute atomic E-state index is 13.6. The van der Waals surface area contributed by atoms with Gasteiger partial charge in [0, 0.05) is 18.2 Å². The van der Waals surface area contributed by atoms with Crippen molar-refractivity contribution in [3.63, 3.8) is 0 Å². The van der Waals surface area contributed by atoms with Crippen LogP contribution in [0, 0.1) is 21.8 Å². The zero-order chi connectivity index (χ0) is 14.9. The first-order valence-electron chi connectivity index (χ1n) is 6.38. The Labute approximate surface area is 114 Å². The molecule has 6 nitrogen and oxygen atoms in total. The van der Waals surface area contributed by atoms with Crippen LogP contribution in [0.2, 0.25) is 0 Å². The van der Waals surface area contributed by atoms with Crippen LogP contribution in [0.1, 0.15) is 36.5 Å². The minimum Gasteiger partial charge on any atom is -0.478 e. The first-order chi connectivity index (χ1) is 9.40. The Kier molecular flexibility index (Phi) is 3.87. The molecule has 2 rings (SSSR count). The fourth-order valence-electron chi connectivity index (χ4n) is 2.30. The lowest BCUT2D eigenvalue weighted by Gasteiger charge is -2.32. The van der Waals surface area contributed by atoms with Crippen molar-refractivity contribution in [2.24, 2.45) is 5.92 Å². The van der Waals surface area contributed by atoms with Crippen molar-refractivity contribution in [1.82, 2.24) is 0 Å². The molecule has 2 N–H and O–H groups in total. The highest BCUT2D eigenvalue weighted by Crippen LogP contribution is 2.34. The van der Waals surface area contributed by atoms with E-state index in [1.807, 2.05) is 6.92 Å². The van der Waals surface area contributed by atoms with Gasteiger partial charge in [0.2, 0.25) is 0 Å². The molecule has 0 amide bonds. The molecular weight excluding hydrogens is 267 g/mol. The SMILES string of the molecule is CC(Nc1cc(F)c(C(=O)O)cc1[N+](=O)[O-])C1CCC1. The van der Waals surface area contributed by atoms with E-state index in [0.717, 1.165) is 31.4 Å². The lowest BCUT2D eigenvalue weighted by atomic mass is 9.80. The van der Waals surface area contributed by atoms with Gasteiger partial charge in [-0.2, -0.15) is 0 Å². The lowest BCUT2D eigenvalue weighted by Crippen LogP contribution is -2.31. The van der Waals surface area contributed by atoms with Gasteiger partial charge in [0.05, 0.1) is 4.92 Å². The first-order valence-corrected chi connectivity index (χ1v) is 6.38. The first kappa shape index (κ1) is 14.2. The Bertz CT molecular complexity index is 558. The van der Waals surface area contributed by atoms with Gasteiger partial charge in [-0.15, -0.1) is 0 Å². The Morgan fingerprint density at radius 3 is 2.65 bits per heavy atom. The highest BCUT2D eigenvalue weighted by Gasteiger charge is 2.27. The summed E-state index contributed by atoms with van der Waals surface area (Å²) in [6.07, 6.45) is 3.21. The van der Waals surface area contributed by atoms with Crippen LogP contribution in [-0.2, 0) is 0 Å². The monoisotopic (exact) mass is 282 g/mol. The van der Waals surface area contributed by atoms with Gasteiger partial charge < -0.3 is 10.4 Å². The number of hydrogen-bond donors (Lipinski definition) is 2. The van der Waals surface area contributed by atoms with E-state index >= 15 is 0 Å². The van der Waals surface area contributed by atoms with Crippen molar-refractivity contribution in [2.75, 3.05) is 5.32 Å². The fraction of sp³-hybridized carbons (Fsp3) is 0.462. The molecule has 0 aromatic heterocycles. The summed E-state index contributed by atoms with van der Waals surface area (Å²) in [6, 6.07) is 1.63. The second-order valence-electron chi connectivity index (χ2n) is 5.04. The van der Waals surface area contributed by atoms with E-state index in [2.05, 4.69) is 5.32 Å². The summed E-state index contributed by atoms with van der Waals surface area (Å²) in [7, 11) is 0. The number of aromatic carboxylic acids is 1. The van der Waals surface area contributed by atoms with Gasteiger partial charge in [0.1, 0.15) is 17.1 Å². The lowest BCUT2D eigenvalue weighted by molar-refractivity contribution is -0.384. The number of carbonyl (C=O) groups is 1. The normalized spacial score (nSPS) is 16.3. The minimum absolute atomic E-state index is 0.0162. The third-order valence-corrected chi connectivity index (χ3v) is 3.75.